The summed E-state index contributed by atoms with van der Waals surface area (Å²) in [5.74, 6) is -0.956. The summed E-state index contributed by atoms with van der Waals surface area (Å²) in [7, 11) is -4.05. The van der Waals surface area contributed by atoms with Crippen LogP contribution < -0.4 is 14.9 Å². The monoisotopic (exact) mass is 591 g/mol. The fraction of sp³-hybridized carbons (Fsp3) is 0.103. The van der Waals surface area contributed by atoms with Crippen molar-refractivity contribution in [1.82, 2.24) is 5.32 Å². The van der Waals surface area contributed by atoms with Gasteiger partial charge in [-0.15, -0.1) is 0 Å². The van der Waals surface area contributed by atoms with Crippen LogP contribution in [0.4, 0.5) is 11.4 Å². The molecule has 4 rings (SSSR count). The van der Waals surface area contributed by atoms with Crippen LogP contribution in [-0.4, -0.2) is 26.8 Å². The third-order valence-corrected chi connectivity index (χ3v) is 8.14. The fourth-order valence-electron chi connectivity index (χ4n) is 3.85. The number of benzene rings is 4. The van der Waals surface area contributed by atoms with Crippen molar-refractivity contribution in [2.45, 2.75) is 17.9 Å². The van der Waals surface area contributed by atoms with Crippen molar-refractivity contribution >= 4 is 49.1 Å². The second kappa shape index (κ2) is 12.1. The van der Waals surface area contributed by atoms with E-state index in [1.54, 1.807) is 66.7 Å². The van der Waals surface area contributed by atoms with Gasteiger partial charge in [-0.2, -0.15) is 0 Å². The van der Waals surface area contributed by atoms with Gasteiger partial charge in [0.05, 0.1) is 27.9 Å². The fourth-order valence-corrected chi connectivity index (χ4v) is 5.56. The Balaban J connectivity index is 1.57. The van der Waals surface area contributed by atoms with Crippen LogP contribution in [-0.2, 0) is 14.8 Å². The number of para-hydroxylation sites is 1. The highest BCUT2D eigenvalue weighted by atomic mass is 79.9. The van der Waals surface area contributed by atoms with Gasteiger partial charge in [-0.1, -0.05) is 76.6 Å². The van der Waals surface area contributed by atoms with E-state index in [1.807, 2.05) is 37.3 Å². The van der Waals surface area contributed by atoms with Crippen molar-refractivity contribution in [2.24, 2.45) is 0 Å². The van der Waals surface area contributed by atoms with Crippen molar-refractivity contribution < 1.29 is 18.0 Å². The molecule has 2 amide bonds. The molecule has 2 N–H and O–H groups in total. The summed E-state index contributed by atoms with van der Waals surface area (Å²) in [6.07, 6.45) is 0. The topological polar surface area (TPSA) is 95.6 Å². The first-order valence-corrected chi connectivity index (χ1v) is 14.1. The maximum absolute atomic E-state index is 13.5. The number of amides is 2. The Morgan fingerprint density at radius 1 is 0.816 bits per heavy atom. The summed E-state index contributed by atoms with van der Waals surface area (Å²) in [6.45, 7) is 1.38. The number of nitrogens with one attached hydrogen (secondary N) is 2. The number of anilines is 2. The van der Waals surface area contributed by atoms with Gasteiger partial charge >= 0.3 is 0 Å². The van der Waals surface area contributed by atoms with Gasteiger partial charge in [0.25, 0.3) is 15.9 Å². The first-order valence-electron chi connectivity index (χ1n) is 11.8. The average molecular weight is 593 g/mol. The summed E-state index contributed by atoms with van der Waals surface area (Å²) in [6, 6.07) is 30.4. The molecule has 7 nitrogen and oxygen atoms in total. The molecule has 0 saturated carbocycles. The SMILES string of the molecule is C[C@H](NC(=O)c1ccccc1NC(=O)CN(c1ccc(Br)cc1)S(=O)(=O)c1ccccc1)c1ccccc1. The van der Waals surface area contributed by atoms with Crippen molar-refractivity contribution in [3.63, 3.8) is 0 Å². The molecular formula is C29H26BrN3O4S. The van der Waals surface area contributed by atoms with Gasteiger partial charge < -0.3 is 10.6 Å². The van der Waals surface area contributed by atoms with E-state index >= 15 is 0 Å². The lowest BCUT2D eigenvalue weighted by Gasteiger charge is -2.24. The number of hydrogen-bond donors (Lipinski definition) is 2. The molecule has 0 aliphatic rings. The summed E-state index contributed by atoms with van der Waals surface area (Å²) in [5.41, 5.74) is 1.82. The second-order valence-corrected chi connectivity index (χ2v) is 11.3. The quantitative estimate of drug-likeness (QED) is 0.258. The molecule has 0 radical (unpaired) electrons. The number of halogens is 1. The molecule has 0 spiro atoms. The minimum Gasteiger partial charge on any atom is -0.345 e. The van der Waals surface area contributed by atoms with Crippen LogP contribution in [0.15, 0.2) is 119 Å². The molecule has 4 aromatic rings. The van der Waals surface area contributed by atoms with Gasteiger partial charge in [0, 0.05) is 4.47 Å². The van der Waals surface area contributed by atoms with Crippen LogP contribution in [0.1, 0.15) is 28.9 Å². The molecule has 194 valence electrons. The van der Waals surface area contributed by atoms with E-state index in [1.165, 1.54) is 12.1 Å². The van der Waals surface area contributed by atoms with Gasteiger partial charge in [-0.3, -0.25) is 13.9 Å². The third-order valence-electron chi connectivity index (χ3n) is 5.83. The Kier molecular flexibility index (Phi) is 8.60. The number of sulfonamides is 1. The van der Waals surface area contributed by atoms with Crippen molar-refractivity contribution in [3.8, 4) is 0 Å². The molecule has 38 heavy (non-hydrogen) atoms. The smallest absolute Gasteiger partial charge is 0.264 e. The highest BCUT2D eigenvalue weighted by molar-refractivity contribution is 9.10. The summed E-state index contributed by atoms with van der Waals surface area (Å²) in [5, 5.41) is 5.67. The lowest BCUT2D eigenvalue weighted by Crippen LogP contribution is -2.38. The molecule has 0 unspecified atom stereocenters. The van der Waals surface area contributed by atoms with Crippen LogP contribution >= 0.6 is 15.9 Å². The maximum atomic E-state index is 13.5. The lowest BCUT2D eigenvalue weighted by molar-refractivity contribution is -0.114. The zero-order valence-electron chi connectivity index (χ0n) is 20.5. The number of carbonyl (C=O) groups excluding carboxylic acids is 2. The van der Waals surface area contributed by atoms with Gasteiger partial charge in [0.15, 0.2) is 0 Å². The molecule has 0 fully saturated rings. The van der Waals surface area contributed by atoms with Crippen molar-refractivity contribution in [3.05, 3.63) is 125 Å². The van der Waals surface area contributed by atoms with E-state index in [0.29, 0.717) is 5.69 Å². The Labute approximate surface area is 230 Å². The van der Waals surface area contributed by atoms with E-state index in [-0.39, 0.29) is 28.1 Å². The number of carbonyl (C=O) groups is 2. The van der Waals surface area contributed by atoms with E-state index in [4.69, 9.17) is 0 Å². The van der Waals surface area contributed by atoms with E-state index in [9.17, 15) is 18.0 Å². The molecule has 1 atom stereocenters. The first-order chi connectivity index (χ1) is 18.3. The van der Waals surface area contributed by atoms with E-state index < -0.39 is 22.5 Å². The highest BCUT2D eigenvalue weighted by Gasteiger charge is 2.27. The van der Waals surface area contributed by atoms with E-state index in [0.717, 1.165) is 14.3 Å². The minimum absolute atomic E-state index is 0.0606. The Morgan fingerprint density at radius 2 is 1.39 bits per heavy atom. The van der Waals surface area contributed by atoms with Crippen LogP contribution in [0.3, 0.4) is 0 Å². The summed E-state index contributed by atoms with van der Waals surface area (Å²) >= 11 is 3.35. The van der Waals surface area contributed by atoms with Crippen LogP contribution in [0, 0.1) is 0 Å². The van der Waals surface area contributed by atoms with Crippen LogP contribution in [0.5, 0.6) is 0 Å². The minimum atomic E-state index is -4.05. The lowest BCUT2D eigenvalue weighted by atomic mass is 10.1. The Morgan fingerprint density at radius 3 is 2.05 bits per heavy atom. The van der Waals surface area contributed by atoms with Gasteiger partial charge in [-0.05, 0) is 61.0 Å². The van der Waals surface area contributed by atoms with Crippen LogP contribution in [0.2, 0.25) is 0 Å². The molecule has 0 heterocycles. The predicted molar refractivity (Wildman–Crippen MR) is 153 cm³/mol. The van der Waals surface area contributed by atoms with Gasteiger partial charge in [0.2, 0.25) is 5.91 Å². The molecule has 0 aromatic heterocycles. The number of rotatable bonds is 9. The van der Waals surface area contributed by atoms with Crippen molar-refractivity contribution in [2.75, 3.05) is 16.2 Å². The molecular weight excluding hydrogens is 566 g/mol. The van der Waals surface area contributed by atoms with E-state index in [2.05, 4.69) is 26.6 Å². The standard InChI is InChI=1S/C29H26BrN3O4S/c1-21(22-10-4-2-5-11-22)31-29(35)26-14-8-9-15-27(26)32-28(34)20-33(24-18-16-23(30)17-19-24)38(36,37)25-12-6-3-7-13-25/h2-19,21H,20H2,1H3,(H,31,35)(H,32,34)/t21-/m0/s1. The summed E-state index contributed by atoms with van der Waals surface area (Å²) < 4.78 is 28.8. The number of hydrogen-bond acceptors (Lipinski definition) is 4. The normalized spacial score (nSPS) is 11.8. The van der Waals surface area contributed by atoms with Gasteiger partial charge in [-0.25, -0.2) is 8.42 Å². The molecule has 0 saturated heterocycles. The Hall–Kier alpha value is -3.95. The second-order valence-electron chi connectivity index (χ2n) is 8.50. The molecule has 0 aliphatic carbocycles. The highest BCUT2D eigenvalue weighted by Crippen LogP contribution is 2.26. The molecule has 9 heteroatoms. The zero-order valence-corrected chi connectivity index (χ0v) is 22.9. The summed E-state index contributed by atoms with van der Waals surface area (Å²) in [4.78, 5) is 26.3. The Bertz CT molecular complexity index is 1510. The molecule has 4 aromatic carbocycles. The zero-order chi connectivity index (χ0) is 27.1. The first kappa shape index (κ1) is 27.1. The third kappa shape index (κ3) is 6.48. The molecule has 0 aliphatic heterocycles. The average Bonchev–Trinajstić information content (AvgIpc) is 2.93. The molecule has 0 bridgehead atoms. The van der Waals surface area contributed by atoms with Crippen molar-refractivity contribution in [1.29, 1.82) is 0 Å². The maximum Gasteiger partial charge on any atom is 0.264 e. The van der Waals surface area contributed by atoms with Gasteiger partial charge in [0.1, 0.15) is 6.54 Å². The largest absolute Gasteiger partial charge is 0.345 e. The van der Waals surface area contributed by atoms with Crippen LogP contribution in [0.25, 0.3) is 0 Å². The predicted octanol–water partition coefficient (Wildman–Crippen LogP) is 5.77. The number of nitrogens with zero attached hydrogens (tertiary/aromatic N) is 1.